The van der Waals surface area contributed by atoms with E-state index in [1.807, 2.05) is 0 Å². The minimum Gasteiger partial charge on any atom is -0.455 e. The Labute approximate surface area is 187 Å². The molecule has 0 atom stereocenters. The highest BCUT2D eigenvalue weighted by atomic mass is 32.2. The first-order valence-corrected chi connectivity index (χ1v) is 10.6. The molecule has 33 heavy (non-hydrogen) atoms. The lowest BCUT2D eigenvalue weighted by atomic mass is 10.1. The number of hydrogen-bond donors (Lipinski definition) is 0. The molecule has 0 amide bonds. The topological polar surface area (TPSA) is 26.3 Å². The summed E-state index contributed by atoms with van der Waals surface area (Å²) in [5.74, 6) is -13.4. The summed E-state index contributed by atoms with van der Waals surface area (Å²) in [6, 6.07) is 23.5. The monoisotopic (exact) mass is 489 g/mol. The summed E-state index contributed by atoms with van der Waals surface area (Å²) >= 11 is 0. The first-order valence-electron chi connectivity index (χ1n) is 9.38. The highest BCUT2D eigenvalue weighted by molar-refractivity contribution is 7.97. The number of rotatable bonds is 7. The Morgan fingerprint density at radius 2 is 1.15 bits per heavy atom. The van der Waals surface area contributed by atoms with E-state index in [4.69, 9.17) is 0 Å². The Kier molecular flexibility index (Phi) is 7.06. The number of hydrogen-bond acceptors (Lipinski definition) is 2. The summed E-state index contributed by atoms with van der Waals surface area (Å²) in [6.45, 7) is -2.43. The van der Waals surface area contributed by atoms with Gasteiger partial charge < -0.3 is 4.74 Å². The molecule has 0 saturated heterocycles. The van der Waals surface area contributed by atoms with Crippen molar-refractivity contribution in [3.05, 3.63) is 90.5 Å². The van der Waals surface area contributed by atoms with Crippen molar-refractivity contribution in [3.63, 3.8) is 0 Å². The lowest BCUT2D eigenvalue weighted by Crippen LogP contribution is -2.54. The zero-order chi connectivity index (χ0) is 24.3. The molecule has 0 spiro atoms. The van der Waals surface area contributed by atoms with E-state index < -0.39 is 41.5 Å². The summed E-state index contributed by atoms with van der Waals surface area (Å²) in [5, 5.41) is 0. The standard InChI is InChI=1S/C23H16F7O2S/c24-21(25,22(26,27)23(28,29)30)15-32-20(31)18-13-7-8-14-19(18)33(16-9-3-1-4-10-16)17-11-5-2-6-12-17/h1-14H,15H2/q+1. The van der Waals surface area contributed by atoms with Crippen molar-refractivity contribution >= 4 is 16.9 Å². The molecule has 0 unspecified atom stereocenters. The second-order valence-electron chi connectivity index (χ2n) is 6.78. The van der Waals surface area contributed by atoms with Crippen LogP contribution in [-0.2, 0) is 15.6 Å². The molecule has 3 aromatic carbocycles. The molecular weight excluding hydrogens is 473 g/mol. The van der Waals surface area contributed by atoms with Gasteiger partial charge in [0.2, 0.25) is 0 Å². The third-order valence-corrected chi connectivity index (χ3v) is 6.77. The molecule has 0 saturated carbocycles. The van der Waals surface area contributed by atoms with E-state index in [2.05, 4.69) is 4.74 Å². The fraction of sp³-hybridized carbons (Fsp3) is 0.174. The van der Waals surface area contributed by atoms with Crippen molar-refractivity contribution in [2.24, 2.45) is 0 Å². The van der Waals surface area contributed by atoms with Crippen molar-refractivity contribution in [2.75, 3.05) is 6.61 Å². The van der Waals surface area contributed by atoms with Crippen LogP contribution in [-0.4, -0.2) is 30.6 Å². The highest BCUT2D eigenvalue weighted by Crippen LogP contribution is 2.46. The molecule has 3 aromatic rings. The summed E-state index contributed by atoms with van der Waals surface area (Å²) in [4.78, 5) is 14.4. The van der Waals surface area contributed by atoms with Crippen LogP contribution in [0.25, 0.3) is 0 Å². The van der Waals surface area contributed by atoms with Gasteiger partial charge in [0.1, 0.15) is 16.5 Å². The first-order chi connectivity index (χ1) is 15.5. The van der Waals surface area contributed by atoms with Gasteiger partial charge in [0, 0.05) is 0 Å². The average molecular weight is 489 g/mol. The molecule has 0 N–H and O–H groups in total. The maximum absolute atomic E-state index is 13.6. The lowest BCUT2D eigenvalue weighted by Gasteiger charge is -2.27. The van der Waals surface area contributed by atoms with Gasteiger partial charge in [-0.2, -0.15) is 30.7 Å². The van der Waals surface area contributed by atoms with E-state index in [1.165, 1.54) is 12.1 Å². The van der Waals surface area contributed by atoms with Crippen LogP contribution < -0.4 is 0 Å². The minimum absolute atomic E-state index is 0.223. The van der Waals surface area contributed by atoms with Crippen LogP contribution in [0.4, 0.5) is 30.7 Å². The van der Waals surface area contributed by atoms with Crippen LogP contribution in [0, 0.1) is 0 Å². The zero-order valence-corrected chi connectivity index (χ0v) is 17.5. The average Bonchev–Trinajstić information content (AvgIpc) is 2.79. The molecule has 0 radical (unpaired) electrons. The molecule has 2 nitrogen and oxygen atoms in total. The predicted molar refractivity (Wildman–Crippen MR) is 108 cm³/mol. The summed E-state index contributed by atoms with van der Waals surface area (Å²) in [5.41, 5.74) is -0.223. The molecule has 10 heteroatoms. The molecular formula is C23H16F7O2S+. The van der Waals surface area contributed by atoms with Gasteiger partial charge in [0.05, 0.1) is 0 Å². The van der Waals surface area contributed by atoms with Crippen molar-refractivity contribution in [1.29, 1.82) is 0 Å². The fourth-order valence-electron chi connectivity index (χ4n) is 2.85. The maximum Gasteiger partial charge on any atom is 0.460 e. The number of halogens is 7. The number of carbonyl (C=O) groups is 1. The molecule has 0 fully saturated rings. The SMILES string of the molecule is O=C(OCC(F)(F)C(F)(F)C(F)(F)F)c1ccccc1[S+](c1ccccc1)c1ccccc1. The van der Waals surface area contributed by atoms with Gasteiger partial charge in [-0.25, -0.2) is 4.79 Å². The Balaban J connectivity index is 1.96. The van der Waals surface area contributed by atoms with E-state index >= 15 is 0 Å². The van der Waals surface area contributed by atoms with Gasteiger partial charge in [-0.05, 0) is 36.4 Å². The number of benzene rings is 3. The summed E-state index contributed by atoms with van der Waals surface area (Å²) in [7, 11) is -0.919. The zero-order valence-electron chi connectivity index (χ0n) is 16.7. The second-order valence-corrected chi connectivity index (χ2v) is 8.78. The second kappa shape index (κ2) is 9.46. The van der Waals surface area contributed by atoms with Crippen LogP contribution in [0.5, 0.6) is 0 Å². The third kappa shape index (κ3) is 5.16. The highest BCUT2D eigenvalue weighted by Gasteiger charge is 2.73. The van der Waals surface area contributed by atoms with Crippen molar-refractivity contribution in [3.8, 4) is 0 Å². The van der Waals surface area contributed by atoms with Crippen LogP contribution in [0.1, 0.15) is 10.4 Å². The van der Waals surface area contributed by atoms with Gasteiger partial charge in [-0.3, -0.25) is 0 Å². The molecule has 0 aliphatic rings. The maximum atomic E-state index is 13.6. The molecule has 0 aliphatic carbocycles. The van der Waals surface area contributed by atoms with Crippen molar-refractivity contribution in [1.82, 2.24) is 0 Å². The number of alkyl halides is 7. The van der Waals surface area contributed by atoms with E-state index in [0.717, 1.165) is 9.79 Å². The fourth-order valence-corrected chi connectivity index (χ4v) is 5.07. The Hall–Kier alpha value is -3.01. The Morgan fingerprint density at radius 3 is 1.64 bits per heavy atom. The predicted octanol–water partition coefficient (Wildman–Crippen LogP) is 6.77. The smallest absolute Gasteiger partial charge is 0.455 e. The Morgan fingerprint density at radius 1 is 0.697 bits per heavy atom. The van der Waals surface area contributed by atoms with Gasteiger partial charge in [0.25, 0.3) is 0 Å². The van der Waals surface area contributed by atoms with E-state index in [0.29, 0.717) is 4.90 Å². The number of ether oxygens (including phenoxy) is 1. The van der Waals surface area contributed by atoms with Gasteiger partial charge in [-0.1, -0.05) is 48.5 Å². The summed E-state index contributed by atoms with van der Waals surface area (Å²) in [6.07, 6.45) is -6.51. The normalized spacial score (nSPS) is 12.6. The van der Waals surface area contributed by atoms with Crippen molar-refractivity contribution in [2.45, 2.75) is 32.7 Å². The van der Waals surface area contributed by atoms with Crippen LogP contribution in [0.2, 0.25) is 0 Å². The molecule has 0 aromatic heterocycles. The molecule has 0 aliphatic heterocycles. The molecule has 0 bridgehead atoms. The molecule has 0 heterocycles. The minimum atomic E-state index is -6.51. The van der Waals surface area contributed by atoms with E-state index in [9.17, 15) is 35.5 Å². The van der Waals surface area contributed by atoms with E-state index in [1.54, 1.807) is 72.8 Å². The van der Waals surface area contributed by atoms with Crippen LogP contribution in [0.15, 0.2) is 99.6 Å². The number of carbonyl (C=O) groups excluding carboxylic acids is 1. The Bertz CT molecular complexity index is 1050. The van der Waals surface area contributed by atoms with E-state index in [-0.39, 0.29) is 5.56 Å². The van der Waals surface area contributed by atoms with Gasteiger partial charge >= 0.3 is 24.0 Å². The third-order valence-electron chi connectivity index (χ3n) is 4.48. The van der Waals surface area contributed by atoms with Crippen molar-refractivity contribution < 1.29 is 40.3 Å². The van der Waals surface area contributed by atoms with Gasteiger partial charge in [-0.15, -0.1) is 0 Å². The van der Waals surface area contributed by atoms with Gasteiger partial charge in [0.15, 0.2) is 21.3 Å². The number of esters is 1. The largest absolute Gasteiger partial charge is 0.460 e. The first kappa shape index (κ1) is 24.6. The lowest BCUT2D eigenvalue weighted by molar-refractivity contribution is -0.359. The van der Waals surface area contributed by atoms with Crippen LogP contribution >= 0.6 is 0 Å². The molecule has 3 rings (SSSR count). The van der Waals surface area contributed by atoms with Crippen LogP contribution in [0.3, 0.4) is 0 Å². The quantitative estimate of drug-likeness (QED) is 0.208. The molecule has 174 valence electrons. The summed E-state index contributed by atoms with van der Waals surface area (Å²) < 4.78 is 94.9.